The van der Waals surface area contributed by atoms with E-state index in [-0.39, 0.29) is 16.4 Å². The fourth-order valence-electron chi connectivity index (χ4n) is 10.8. The maximum Gasteiger partial charge on any atom is 0.411 e. The van der Waals surface area contributed by atoms with E-state index in [9.17, 15) is 13.2 Å². The number of nitrogens with one attached hydrogen (secondary N) is 1. The highest BCUT2D eigenvalue weighted by molar-refractivity contribution is 7.89. The van der Waals surface area contributed by atoms with Crippen LogP contribution >= 0.6 is 0 Å². The summed E-state index contributed by atoms with van der Waals surface area (Å²) in [5, 5.41) is 2.85. The van der Waals surface area contributed by atoms with E-state index in [0.717, 1.165) is 67.6 Å². The molecule has 4 aliphatic rings. The summed E-state index contributed by atoms with van der Waals surface area (Å²) in [6.45, 7) is 17.4. The summed E-state index contributed by atoms with van der Waals surface area (Å²) in [6, 6.07) is 6.47. The first kappa shape index (κ1) is 36.4. The topological polar surface area (TPSA) is 75.7 Å². The summed E-state index contributed by atoms with van der Waals surface area (Å²) in [4.78, 5) is 13.2. The first-order valence-electron chi connectivity index (χ1n) is 19.1. The predicted molar refractivity (Wildman–Crippen MR) is 193 cm³/mol. The number of amides is 1. The van der Waals surface area contributed by atoms with Crippen LogP contribution in [-0.4, -0.2) is 38.0 Å². The number of anilines is 1. The molecule has 4 aliphatic carbocycles. The molecular formula is C40H64N2O4S. The fraction of sp³-hybridized carbons (Fsp3) is 0.775. The highest BCUT2D eigenvalue weighted by Crippen LogP contribution is 2.67. The number of nitrogens with zero attached hydrogens (tertiary/aromatic N) is 1. The van der Waals surface area contributed by atoms with Gasteiger partial charge in [-0.1, -0.05) is 79.4 Å². The molecule has 0 unspecified atom stereocenters. The van der Waals surface area contributed by atoms with Crippen molar-refractivity contribution in [2.24, 2.45) is 46.3 Å². The van der Waals surface area contributed by atoms with Gasteiger partial charge in [0.05, 0.1) is 4.90 Å². The molecule has 3 saturated carbocycles. The first-order chi connectivity index (χ1) is 22.3. The molecule has 1 aromatic rings. The lowest BCUT2D eigenvalue weighted by Gasteiger charge is -2.58. The summed E-state index contributed by atoms with van der Waals surface area (Å²) in [5.41, 5.74) is 2.76. The average molecular weight is 669 g/mol. The Morgan fingerprint density at radius 2 is 1.66 bits per heavy atom. The van der Waals surface area contributed by atoms with Crippen LogP contribution in [0.3, 0.4) is 0 Å². The number of rotatable bonds is 13. The van der Waals surface area contributed by atoms with Gasteiger partial charge in [0.25, 0.3) is 0 Å². The first-order valence-corrected chi connectivity index (χ1v) is 20.5. The lowest BCUT2D eigenvalue weighted by Crippen LogP contribution is -2.51. The van der Waals surface area contributed by atoms with Crippen LogP contribution in [0.15, 0.2) is 40.8 Å². The van der Waals surface area contributed by atoms with Gasteiger partial charge in [-0.2, -0.15) is 4.31 Å². The van der Waals surface area contributed by atoms with Crippen molar-refractivity contribution in [3.8, 4) is 0 Å². The Kier molecular flexibility index (Phi) is 11.6. The van der Waals surface area contributed by atoms with Crippen LogP contribution in [0, 0.1) is 46.3 Å². The monoisotopic (exact) mass is 668 g/mol. The second kappa shape index (κ2) is 14.9. The van der Waals surface area contributed by atoms with Gasteiger partial charge in [0.15, 0.2) is 0 Å². The third-order valence-electron chi connectivity index (χ3n) is 13.2. The van der Waals surface area contributed by atoms with Crippen molar-refractivity contribution in [1.29, 1.82) is 0 Å². The van der Waals surface area contributed by atoms with Gasteiger partial charge in [-0.05, 0) is 128 Å². The molecule has 0 saturated heterocycles. The van der Waals surface area contributed by atoms with E-state index in [0.29, 0.717) is 24.2 Å². The number of carbonyl (C=O) groups excluding carboxylic acids is 1. The Morgan fingerprint density at radius 3 is 2.32 bits per heavy atom. The van der Waals surface area contributed by atoms with Gasteiger partial charge >= 0.3 is 6.09 Å². The van der Waals surface area contributed by atoms with E-state index >= 15 is 0 Å². The second-order valence-corrected chi connectivity index (χ2v) is 18.6. The summed E-state index contributed by atoms with van der Waals surface area (Å²) in [5.74, 6) is 4.89. The largest absolute Gasteiger partial charge is 0.446 e. The van der Waals surface area contributed by atoms with Crippen molar-refractivity contribution in [2.45, 2.75) is 143 Å². The quantitative estimate of drug-likeness (QED) is 0.212. The molecule has 3 fully saturated rings. The minimum absolute atomic E-state index is 0.126. The van der Waals surface area contributed by atoms with Crippen molar-refractivity contribution in [3.05, 3.63) is 35.9 Å². The molecule has 1 amide bonds. The van der Waals surface area contributed by atoms with Gasteiger partial charge in [-0.25, -0.2) is 13.2 Å². The zero-order chi connectivity index (χ0) is 34.0. The lowest BCUT2D eigenvalue weighted by molar-refractivity contribution is -0.0577. The van der Waals surface area contributed by atoms with Gasteiger partial charge in [0.2, 0.25) is 10.0 Å². The highest BCUT2D eigenvalue weighted by Gasteiger charge is 2.59. The number of hydrogen-bond donors (Lipinski definition) is 1. The zero-order valence-electron chi connectivity index (χ0n) is 30.5. The van der Waals surface area contributed by atoms with Crippen LogP contribution in [0.4, 0.5) is 10.5 Å². The Hall–Kier alpha value is -1.86. The standard InChI is InChI=1S/C40H64N2O4S/c1-8-25-42(26-9-2)47(44,45)33-16-14-31(15-17-33)41-38(43)46-32-21-23-39(6)30(27-32)13-18-34-36-20-19-35(29(5)12-10-11-28(3)4)40(36,7)24-22-37(34)39/h13-17,28-29,32,34-37H,8-12,18-27H2,1-7H3,(H,41,43)/t29-,32+,34-,35+,36-,37-,39-,40+/m0/s1. The van der Waals surface area contributed by atoms with Crippen LogP contribution < -0.4 is 5.32 Å². The van der Waals surface area contributed by atoms with E-state index < -0.39 is 16.1 Å². The summed E-state index contributed by atoms with van der Waals surface area (Å²) in [7, 11) is -3.56. The van der Waals surface area contributed by atoms with Crippen molar-refractivity contribution in [2.75, 3.05) is 18.4 Å². The van der Waals surface area contributed by atoms with Crippen molar-refractivity contribution < 1.29 is 17.9 Å². The maximum atomic E-state index is 13.1. The molecule has 0 radical (unpaired) electrons. The molecule has 0 aliphatic heterocycles. The number of benzene rings is 1. The number of fused-ring (bicyclic) bond motifs is 5. The minimum Gasteiger partial charge on any atom is -0.446 e. The van der Waals surface area contributed by atoms with Crippen LogP contribution in [0.1, 0.15) is 132 Å². The molecule has 47 heavy (non-hydrogen) atoms. The van der Waals surface area contributed by atoms with Crippen molar-refractivity contribution in [1.82, 2.24) is 4.31 Å². The molecule has 7 heteroatoms. The summed E-state index contributed by atoms with van der Waals surface area (Å²) in [6.07, 6.45) is 17.1. The average Bonchev–Trinajstić information content (AvgIpc) is 3.38. The van der Waals surface area contributed by atoms with E-state index in [4.69, 9.17) is 4.74 Å². The number of ether oxygens (including phenoxy) is 1. The lowest BCUT2D eigenvalue weighted by atomic mass is 9.47. The van der Waals surface area contributed by atoms with E-state index in [1.54, 1.807) is 24.3 Å². The molecule has 6 nitrogen and oxygen atoms in total. The third-order valence-corrected chi connectivity index (χ3v) is 15.1. The second-order valence-electron chi connectivity index (χ2n) is 16.6. The van der Waals surface area contributed by atoms with Gasteiger partial charge in [-0.3, -0.25) is 5.32 Å². The van der Waals surface area contributed by atoms with Gasteiger partial charge in [0, 0.05) is 25.2 Å². The molecule has 5 rings (SSSR count). The number of sulfonamides is 1. The predicted octanol–water partition coefficient (Wildman–Crippen LogP) is 10.5. The number of allylic oxidation sites excluding steroid dienone is 1. The smallest absolute Gasteiger partial charge is 0.411 e. The Bertz CT molecular complexity index is 1350. The fourth-order valence-corrected chi connectivity index (χ4v) is 12.4. The molecular weight excluding hydrogens is 605 g/mol. The molecule has 264 valence electrons. The Balaban J connectivity index is 1.17. The van der Waals surface area contributed by atoms with Crippen LogP contribution in [0.2, 0.25) is 0 Å². The molecule has 8 atom stereocenters. The zero-order valence-corrected chi connectivity index (χ0v) is 31.3. The molecule has 0 aromatic heterocycles. The molecule has 0 spiro atoms. The molecule has 1 aromatic carbocycles. The van der Waals surface area contributed by atoms with E-state index in [1.807, 2.05) is 13.8 Å². The van der Waals surface area contributed by atoms with E-state index in [2.05, 4.69) is 46.0 Å². The summed E-state index contributed by atoms with van der Waals surface area (Å²) < 4.78 is 33.7. The van der Waals surface area contributed by atoms with Crippen LogP contribution in [-0.2, 0) is 14.8 Å². The minimum atomic E-state index is -3.56. The Labute approximate surface area is 286 Å². The normalized spacial score (nSPS) is 32.7. The third kappa shape index (κ3) is 7.51. The summed E-state index contributed by atoms with van der Waals surface area (Å²) >= 11 is 0. The van der Waals surface area contributed by atoms with E-state index in [1.165, 1.54) is 61.2 Å². The number of hydrogen-bond acceptors (Lipinski definition) is 4. The van der Waals surface area contributed by atoms with Gasteiger partial charge < -0.3 is 4.74 Å². The van der Waals surface area contributed by atoms with Crippen LogP contribution in [0.25, 0.3) is 0 Å². The maximum absolute atomic E-state index is 13.1. The highest BCUT2D eigenvalue weighted by atomic mass is 32.2. The molecule has 1 N–H and O–H groups in total. The van der Waals surface area contributed by atoms with Crippen molar-refractivity contribution in [3.63, 3.8) is 0 Å². The Morgan fingerprint density at radius 1 is 0.957 bits per heavy atom. The van der Waals surface area contributed by atoms with Crippen molar-refractivity contribution >= 4 is 21.8 Å². The van der Waals surface area contributed by atoms with Gasteiger partial charge in [0.1, 0.15) is 6.10 Å². The number of carbonyl (C=O) groups is 1. The SMILES string of the molecule is CCCN(CCC)S(=O)(=O)c1ccc(NC(=O)O[C@@H]2CC[C@@]3(C)C(=CC[C@H]4[C@@H]5CC[C@H]([C@@H](C)CCCC(C)C)[C@@]5(C)CC[C@@H]43)C2)cc1. The van der Waals surface area contributed by atoms with Gasteiger partial charge in [-0.15, -0.1) is 0 Å². The van der Waals surface area contributed by atoms with Crippen LogP contribution in [0.5, 0.6) is 0 Å². The molecule has 0 heterocycles. The molecule has 0 bridgehead atoms.